The molecule has 2 nitrogen and oxygen atoms in total. The average Bonchev–Trinajstić information content (AvgIpc) is 2.83. The molecule has 0 bridgehead atoms. The Morgan fingerprint density at radius 1 is 1.53 bits per heavy atom. The number of hydrogen-bond donors (Lipinski definition) is 1. The summed E-state index contributed by atoms with van der Waals surface area (Å²) in [7, 11) is 0. The normalized spacial score (nSPS) is 21.7. The molecule has 1 heterocycles. The summed E-state index contributed by atoms with van der Waals surface area (Å²) < 4.78 is 19.0. The molecule has 0 saturated carbocycles. The van der Waals surface area contributed by atoms with E-state index in [1.165, 1.54) is 0 Å². The van der Waals surface area contributed by atoms with Crippen LogP contribution in [-0.4, -0.2) is 19.3 Å². The van der Waals surface area contributed by atoms with Crippen LogP contribution in [0.1, 0.15) is 36.9 Å². The first kappa shape index (κ1) is 12.5. The van der Waals surface area contributed by atoms with E-state index in [4.69, 9.17) is 4.74 Å². The first-order valence-corrected chi connectivity index (χ1v) is 6.33. The van der Waals surface area contributed by atoms with Gasteiger partial charge in [0, 0.05) is 6.61 Å². The maximum Gasteiger partial charge on any atom is 0.126 e. The Balaban J connectivity index is 2.21. The number of rotatable bonds is 4. The second-order valence-electron chi connectivity index (χ2n) is 4.60. The van der Waals surface area contributed by atoms with Crippen LogP contribution < -0.4 is 5.32 Å². The van der Waals surface area contributed by atoms with E-state index in [9.17, 15) is 4.39 Å². The molecule has 2 unspecified atom stereocenters. The summed E-state index contributed by atoms with van der Waals surface area (Å²) in [6.45, 7) is 5.61. The van der Waals surface area contributed by atoms with Gasteiger partial charge in [-0.2, -0.15) is 0 Å². The van der Waals surface area contributed by atoms with Crippen molar-refractivity contribution in [2.24, 2.45) is 0 Å². The van der Waals surface area contributed by atoms with Crippen molar-refractivity contribution in [3.05, 3.63) is 35.1 Å². The molecule has 2 atom stereocenters. The number of aryl methyl sites for hydroxylation is 1. The van der Waals surface area contributed by atoms with Crippen molar-refractivity contribution in [1.82, 2.24) is 5.32 Å². The fourth-order valence-electron chi connectivity index (χ4n) is 2.41. The molecule has 1 aromatic rings. The van der Waals surface area contributed by atoms with Crippen molar-refractivity contribution in [2.75, 3.05) is 13.2 Å². The quantitative estimate of drug-likeness (QED) is 0.869. The number of hydrogen-bond acceptors (Lipinski definition) is 2. The van der Waals surface area contributed by atoms with Crippen LogP contribution in [0.25, 0.3) is 0 Å². The highest BCUT2D eigenvalue weighted by Gasteiger charge is 2.26. The Bertz CT molecular complexity index is 374. The molecule has 1 aliphatic heterocycles. The van der Waals surface area contributed by atoms with E-state index in [-0.39, 0.29) is 18.0 Å². The zero-order valence-corrected chi connectivity index (χ0v) is 10.5. The van der Waals surface area contributed by atoms with Crippen molar-refractivity contribution in [2.45, 2.75) is 38.8 Å². The van der Waals surface area contributed by atoms with Crippen LogP contribution in [0.5, 0.6) is 0 Å². The van der Waals surface area contributed by atoms with Gasteiger partial charge in [0.05, 0.1) is 12.1 Å². The van der Waals surface area contributed by atoms with Crippen LogP contribution in [0.3, 0.4) is 0 Å². The number of halogens is 1. The van der Waals surface area contributed by atoms with E-state index in [1.54, 1.807) is 13.0 Å². The Kier molecular flexibility index (Phi) is 4.13. The van der Waals surface area contributed by atoms with Crippen LogP contribution in [0.15, 0.2) is 18.2 Å². The van der Waals surface area contributed by atoms with Gasteiger partial charge in [-0.25, -0.2) is 4.39 Å². The zero-order chi connectivity index (χ0) is 12.3. The van der Waals surface area contributed by atoms with E-state index in [2.05, 4.69) is 12.2 Å². The molecule has 1 aliphatic rings. The predicted octanol–water partition coefficient (Wildman–Crippen LogP) is 2.96. The summed E-state index contributed by atoms with van der Waals surface area (Å²) in [4.78, 5) is 0. The monoisotopic (exact) mass is 237 g/mol. The van der Waals surface area contributed by atoms with Gasteiger partial charge < -0.3 is 10.1 Å². The van der Waals surface area contributed by atoms with E-state index in [0.717, 1.165) is 31.6 Å². The lowest BCUT2D eigenvalue weighted by Crippen LogP contribution is -2.31. The third kappa shape index (κ3) is 2.85. The van der Waals surface area contributed by atoms with Crippen molar-refractivity contribution in [3.63, 3.8) is 0 Å². The van der Waals surface area contributed by atoms with E-state index >= 15 is 0 Å². The van der Waals surface area contributed by atoms with Gasteiger partial charge in [0.2, 0.25) is 0 Å². The third-order valence-corrected chi connectivity index (χ3v) is 3.30. The molecule has 2 rings (SSSR count). The minimum absolute atomic E-state index is 0.142. The van der Waals surface area contributed by atoms with Gasteiger partial charge >= 0.3 is 0 Å². The lowest BCUT2D eigenvalue weighted by Gasteiger charge is -2.24. The highest BCUT2D eigenvalue weighted by molar-refractivity contribution is 5.27. The van der Waals surface area contributed by atoms with E-state index in [0.29, 0.717) is 5.56 Å². The topological polar surface area (TPSA) is 21.3 Å². The number of ether oxygens (including phenoxy) is 1. The summed E-state index contributed by atoms with van der Waals surface area (Å²) in [6.07, 6.45) is 2.42. The number of nitrogens with one attached hydrogen (secondary N) is 1. The SMILES string of the molecule is CCNC(c1ccc(F)c(C)c1)C1CCCO1. The van der Waals surface area contributed by atoms with E-state index in [1.807, 2.05) is 12.1 Å². The number of benzene rings is 1. The second-order valence-corrected chi connectivity index (χ2v) is 4.60. The Morgan fingerprint density at radius 3 is 2.94 bits per heavy atom. The standard InChI is InChI=1S/C14H20FNO/c1-3-16-14(13-5-4-8-17-13)11-6-7-12(15)10(2)9-11/h6-7,9,13-14,16H,3-5,8H2,1-2H3. The molecule has 1 N–H and O–H groups in total. The molecular weight excluding hydrogens is 217 g/mol. The summed E-state index contributed by atoms with van der Waals surface area (Å²) in [6, 6.07) is 5.51. The number of likely N-dealkylation sites (N-methyl/N-ethyl adjacent to an activating group) is 1. The molecule has 0 radical (unpaired) electrons. The molecule has 94 valence electrons. The fraction of sp³-hybridized carbons (Fsp3) is 0.571. The second kappa shape index (κ2) is 5.61. The molecule has 0 aliphatic carbocycles. The van der Waals surface area contributed by atoms with Gasteiger partial charge in [-0.15, -0.1) is 0 Å². The molecule has 1 aromatic carbocycles. The van der Waals surface area contributed by atoms with Crippen LogP contribution in [0.4, 0.5) is 4.39 Å². The van der Waals surface area contributed by atoms with Crippen LogP contribution >= 0.6 is 0 Å². The Morgan fingerprint density at radius 2 is 2.35 bits per heavy atom. The molecule has 0 aromatic heterocycles. The van der Waals surface area contributed by atoms with Gasteiger partial charge in [0.15, 0.2) is 0 Å². The first-order chi connectivity index (χ1) is 8.22. The fourth-order valence-corrected chi connectivity index (χ4v) is 2.41. The smallest absolute Gasteiger partial charge is 0.126 e. The zero-order valence-electron chi connectivity index (χ0n) is 10.5. The first-order valence-electron chi connectivity index (χ1n) is 6.33. The van der Waals surface area contributed by atoms with Crippen LogP contribution in [-0.2, 0) is 4.74 Å². The minimum Gasteiger partial charge on any atom is -0.376 e. The van der Waals surface area contributed by atoms with Gasteiger partial charge in [0.1, 0.15) is 5.82 Å². The van der Waals surface area contributed by atoms with Gasteiger partial charge in [-0.3, -0.25) is 0 Å². The Hall–Kier alpha value is -0.930. The molecule has 1 saturated heterocycles. The van der Waals surface area contributed by atoms with Gasteiger partial charge in [-0.05, 0) is 43.5 Å². The summed E-state index contributed by atoms with van der Waals surface area (Å²) >= 11 is 0. The minimum atomic E-state index is -0.142. The highest BCUT2D eigenvalue weighted by atomic mass is 19.1. The van der Waals surface area contributed by atoms with Crippen molar-refractivity contribution in [1.29, 1.82) is 0 Å². The van der Waals surface area contributed by atoms with E-state index < -0.39 is 0 Å². The van der Waals surface area contributed by atoms with Crippen LogP contribution in [0.2, 0.25) is 0 Å². The largest absolute Gasteiger partial charge is 0.376 e. The molecule has 0 amide bonds. The molecule has 1 fully saturated rings. The Labute approximate surface area is 102 Å². The van der Waals surface area contributed by atoms with Crippen molar-refractivity contribution >= 4 is 0 Å². The molecule has 0 spiro atoms. The molecule has 3 heteroatoms. The maximum atomic E-state index is 13.3. The summed E-state index contributed by atoms with van der Waals surface area (Å²) in [5, 5.41) is 3.44. The van der Waals surface area contributed by atoms with Crippen molar-refractivity contribution in [3.8, 4) is 0 Å². The lowest BCUT2D eigenvalue weighted by molar-refractivity contribution is 0.0788. The average molecular weight is 237 g/mol. The van der Waals surface area contributed by atoms with Crippen molar-refractivity contribution < 1.29 is 9.13 Å². The van der Waals surface area contributed by atoms with Gasteiger partial charge in [-0.1, -0.05) is 19.1 Å². The predicted molar refractivity (Wildman–Crippen MR) is 66.5 cm³/mol. The highest BCUT2D eigenvalue weighted by Crippen LogP contribution is 2.27. The van der Waals surface area contributed by atoms with Crippen LogP contribution in [0, 0.1) is 12.7 Å². The third-order valence-electron chi connectivity index (χ3n) is 3.30. The summed E-state index contributed by atoms with van der Waals surface area (Å²) in [5.41, 5.74) is 1.82. The molecular formula is C14H20FNO. The summed E-state index contributed by atoms with van der Waals surface area (Å²) in [5.74, 6) is -0.142. The maximum absolute atomic E-state index is 13.3. The lowest BCUT2D eigenvalue weighted by atomic mass is 9.97. The molecule has 17 heavy (non-hydrogen) atoms. The van der Waals surface area contributed by atoms with Gasteiger partial charge in [0.25, 0.3) is 0 Å².